The number of carbonyl (C=O) groups excluding carboxylic acids is 3. The Kier molecular flexibility index (Phi) is 11.0. The third-order valence-electron chi connectivity index (χ3n) is 3.93. The number of rotatable bonds is 11. The van der Waals surface area contributed by atoms with Crippen LogP contribution in [0.4, 0.5) is 0 Å². The van der Waals surface area contributed by atoms with Crippen LogP contribution in [-0.4, -0.2) is 46.3 Å². The van der Waals surface area contributed by atoms with Gasteiger partial charge in [-0.1, -0.05) is 24.3 Å². The molecular formula is C20H24IN3O4. The topological polar surface area (TPSA) is 100 Å². The zero-order chi connectivity index (χ0) is 20.9. The van der Waals surface area contributed by atoms with E-state index < -0.39 is 23.5 Å². The van der Waals surface area contributed by atoms with Gasteiger partial charge in [0.05, 0.1) is 6.61 Å². The number of amides is 2. The lowest BCUT2D eigenvalue weighted by Gasteiger charge is -2.19. The van der Waals surface area contributed by atoms with E-state index in [-0.39, 0.29) is 19.6 Å². The van der Waals surface area contributed by atoms with Gasteiger partial charge in [0.1, 0.15) is 0 Å². The second-order valence-corrected chi connectivity index (χ2v) is 7.06. The summed E-state index contributed by atoms with van der Waals surface area (Å²) in [5.41, 5.74) is 9.29. The number of allylic oxidation sites excluding steroid dienone is 1. The fraction of sp³-hybridized carbons (Fsp3) is 0.400. The first-order valence-electron chi connectivity index (χ1n) is 9.04. The maximum absolute atomic E-state index is 12.7. The molecular weight excluding hydrogens is 473 g/mol. The number of ether oxygens (including phenoxy) is 1. The Morgan fingerprint density at radius 3 is 2.61 bits per heavy atom. The summed E-state index contributed by atoms with van der Waals surface area (Å²) in [5, 5.41) is 0. The molecule has 0 fully saturated rings. The van der Waals surface area contributed by atoms with Crippen molar-refractivity contribution in [2.45, 2.75) is 39.0 Å². The maximum Gasteiger partial charge on any atom is 0.463 e. The molecule has 0 heterocycles. The molecule has 0 spiro atoms. The fourth-order valence-corrected chi connectivity index (χ4v) is 3.13. The molecule has 1 rings (SSSR count). The number of esters is 1. The second-order valence-electron chi connectivity index (χ2n) is 5.90. The van der Waals surface area contributed by atoms with Gasteiger partial charge in [-0.15, -0.1) is 6.58 Å². The molecule has 0 N–H and O–H groups in total. The Hall–Kier alpha value is -2.32. The first-order chi connectivity index (χ1) is 13.5. The van der Waals surface area contributed by atoms with E-state index >= 15 is 0 Å². The molecule has 7 nitrogen and oxygen atoms in total. The monoisotopic (exact) mass is 497 g/mol. The van der Waals surface area contributed by atoms with E-state index in [9.17, 15) is 14.4 Å². The molecule has 28 heavy (non-hydrogen) atoms. The summed E-state index contributed by atoms with van der Waals surface area (Å²) >= 11 is 2.18. The first-order valence-corrected chi connectivity index (χ1v) is 10.1. The fourth-order valence-electron chi connectivity index (χ4n) is 2.47. The highest BCUT2D eigenvalue weighted by atomic mass is 127. The number of halogens is 1. The third-order valence-corrected chi connectivity index (χ3v) is 4.98. The van der Waals surface area contributed by atoms with Crippen LogP contribution in [0.5, 0.6) is 0 Å². The summed E-state index contributed by atoms with van der Waals surface area (Å²) < 4.78 is 5.75. The van der Waals surface area contributed by atoms with Gasteiger partial charge >= 0.3 is 17.6 Å². The van der Waals surface area contributed by atoms with E-state index in [0.717, 1.165) is 26.9 Å². The molecule has 0 aliphatic rings. The van der Waals surface area contributed by atoms with Crippen LogP contribution < -0.4 is 0 Å². The lowest BCUT2D eigenvalue weighted by molar-refractivity contribution is -0.147. The summed E-state index contributed by atoms with van der Waals surface area (Å²) in [4.78, 5) is 41.0. The zero-order valence-corrected chi connectivity index (χ0v) is 18.1. The lowest BCUT2D eigenvalue weighted by Crippen LogP contribution is -2.45. The minimum absolute atomic E-state index is 0.0167. The quantitative estimate of drug-likeness (QED) is 0.0686. The van der Waals surface area contributed by atoms with Crippen molar-refractivity contribution in [3.05, 3.63) is 51.6 Å². The molecule has 0 aromatic heterocycles. The van der Waals surface area contributed by atoms with Crippen LogP contribution in [0, 0.1) is 3.57 Å². The summed E-state index contributed by atoms with van der Waals surface area (Å²) in [5.74, 6) is -2.44. The second kappa shape index (κ2) is 13.0. The highest BCUT2D eigenvalue weighted by Gasteiger charge is 2.37. The van der Waals surface area contributed by atoms with Crippen LogP contribution in [-0.2, 0) is 25.5 Å². The number of carbonyl (C=O) groups is 3. The van der Waals surface area contributed by atoms with Crippen molar-refractivity contribution >= 4 is 46.1 Å². The average molecular weight is 497 g/mol. The SMILES string of the molecule is C=CCCCCC(=O)N(CCc1ccccc1I)C(=O)C(=[N+]=[N-])C(=O)OCC. The van der Waals surface area contributed by atoms with Gasteiger partial charge in [0.25, 0.3) is 0 Å². The van der Waals surface area contributed by atoms with Gasteiger partial charge < -0.3 is 10.3 Å². The van der Waals surface area contributed by atoms with Crippen molar-refractivity contribution in [3.63, 3.8) is 0 Å². The largest absolute Gasteiger partial charge is 0.463 e. The molecule has 0 aliphatic carbocycles. The first kappa shape index (κ1) is 23.7. The van der Waals surface area contributed by atoms with Crippen molar-refractivity contribution in [2.75, 3.05) is 13.2 Å². The maximum atomic E-state index is 12.7. The van der Waals surface area contributed by atoms with E-state index in [0.29, 0.717) is 12.8 Å². The highest BCUT2D eigenvalue weighted by molar-refractivity contribution is 14.1. The number of benzene rings is 1. The molecule has 0 saturated heterocycles. The minimum atomic E-state index is -1.06. The molecule has 0 aliphatic heterocycles. The predicted molar refractivity (Wildman–Crippen MR) is 114 cm³/mol. The molecule has 1 aromatic carbocycles. The van der Waals surface area contributed by atoms with Crippen molar-refractivity contribution in [1.82, 2.24) is 4.90 Å². The van der Waals surface area contributed by atoms with Crippen molar-refractivity contribution in [3.8, 4) is 0 Å². The molecule has 0 bridgehead atoms. The lowest BCUT2D eigenvalue weighted by atomic mass is 10.1. The number of unbranched alkanes of at least 4 members (excludes halogenated alkanes) is 2. The Morgan fingerprint density at radius 2 is 2.00 bits per heavy atom. The highest BCUT2D eigenvalue weighted by Crippen LogP contribution is 2.14. The molecule has 2 amide bonds. The van der Waals surface area contributed by atoms with Gasteiger partial charge in [0.15, 0.2) is 0 Å². The van der Waals surface area contributed by atoms with E-state index in [4.69, 9.17) is 10.3 Å². The van der Waals surface area contributed by atoms with Crippen LogP contribution >= 0.6 is 22.6 Å². The van der Waals surface area contributed by atoms with Gasteiger partial charge in [0, 0.05) is 16.5 Å². The Bertz CT molecular complexity index is 772. The molecule has 8 heteroatoms. The minimum Gasteiger partial charge on any atom is -0.457 e. The Labute approximate surface area is 178 Å². The summed E-state index contributed by atoms with van der Waals surface area (Å²) in [7, 11) is 0. The molecule has 0 saturated carbocycles. The summed E-state index contributed by atoms with van der Waals surface area (Å²) in [6.07, 6.45) is 4.46. The van der Waals surface area contributed by atoms with Gasteiger partial charge in [0.2, 0.25) is 5.91 Å². The Balaban J connectivity index is 2.98. The smallest absolute Gasteiger partial charge is 0.457 e. The summed E-state index contributed by atoms with van der Waals surface area (Å²) in [6.45, 7) is 5.29. The average Bonchev–Trinajstić information content (AvgIpc) is 2.67. The van der Waals surface area contributed by atoms with Crippen molar-refractivity contribution in [1.29, 1.82) is 0 Å². The number of hydrogen-bond acceptors (Lipinski definition) is 4. The zero-order valence-electron chi connectivity index (χ0n) is 15.9. The van der Waals surface area contributed by atoms with E-state index in [1.807, 2.05) is 24.3 Å². The van der Waals surface area contributed by atoms with Crippen LogP contribution in [0.25, 0.3) is 5.53 Å². The number of imide groups is 1. The molecule has 0 atom stereocenters. The number of nitrogens with zero attached hydrogens (tertiary/aromatic N) is 3. The Morgan fingerprint density at radius 1 is 1.29 bits per heavy atom. The van der Waals surface area contributed by atoms with Gasteiger partial charge in [-0.25, -0.2) is 4.79 Å². The van der Waals surface area contributed by atoms with E-state index in [1.165, 1.54) is 0 Å². The van der Waals surface area contributed by atoms with Gasteiger partial charge in [-0.05, 0) is 66.8 Å². The molecule has 0 radical (unpaired) electrons. The van der Waals surface area contributed by atoms with Crippen LogP contribution in [0.3, 0.4) is 0 Å². The number of hydrogen-bond donors (Lipinski definition) is 0. The van der Waals surface area contributed by atoms with Crippen LogP contribution in [0.1, 0.15) is 38.2 Å². The van der Waals surface area contributed by atoms with E-state index in [2.05, 4.69) is 34.0 Å². The summed E-state index contributed by atoms with van der Waals surface area (Å²) in [6, 6.07) is 7.61. The molecule has 1 aromatic rings. The van der Waals surface area contributed by atoms with Crippen molar-refractivity contribution in [2.24, 2.45) is 0 Å². The van der Waals surface area contributed by atoms with E-state index in [1.54, 1.807) is 13.0 Å². The van der Waals surface area contributed by atoms with Crippen LogP contribution in [0.15, 0.2) is 36.9 Å². The molecule has 0 unspecified atom stereocenters. The van der Waals surface area contributed by atoms with Gasteiger partial charge in [-0.3, -0.25) is 14.5 Å². The van der Waals surface area contributed by atoms with Gasteiger partial charge in [-0.2, -0.15) is 4.79 Å². The normalized spacial score (nSPS) is 9.93. The third kappa shape index (κ3) is 7.36. The predicted octanol–water partition coefficient (Wildman–Crippen LogP) is 3.17. The molecule has 150 valence electrons. The standard InChI is InChI=1S/C20H24IN3O4/c1-3-5-6-7-12-17(25)24(14-13-15-10-8-9-11-16(15)21)19(26)18(23-22)20(27)28-4-2/h3,8-11H,1,4-7,12-14H2,2H3. The van der Waals surface area contributed by atoms with Crippen molar-refractivity contribution < 1.29 is 23.9 Å². The van der Waals surface area contributed by atoms with Crippen LogP contribution in [0.2, 0.25) is 0 Å².